The lowest BCUT2D eigenvalue weighted by molar-refractivity contribution is -0.138. The third-order valence-electron chi connectivity index (χ3n) is 2.27. The van der Waals surface area contributed by atoms with Crippen LogP contribution in [0.5, 0.6) is 0 Å². The lowest BCUT2D eigenvalue weighted by atomic mass is 10.2. The van der Waals surface area contributed by atoms with E-state index in [1.54, 1.807) is 6.07 Å². The number of halogens is 4. The van der Waals surface area contributed by atoms with Crippen LogP contribution in [0.2, 0.25) is 0 Å². The van der Waals surface area contributed by atoms with E-state index in [0.29, 0.717) is 5.69 Å². The topological polar surface area (TPSA) is 30.5 Å². The van der Waals surface area contributed by atoms with Crippen molar-refractivity contribution in [2.75, 3.05) is 26.1 Å². The van der Waals surface area contributed by atoms with Gasteiger partial charge in [-0.05, 0) is 18.2 Å². The van der Waals surface area contributed by atoms with Crippen molar-refractivity contribution in [1.82, 2.24) is 0 Å². The Morgan fingerprint density at radius 3 is 2.39 bits per heavy atom. The molecule has 0 bridgehead atoms. The molecule has 1 N–H and O–H groups in total. The van der Waals surface area contributed by atoms with Crippen LogP contribution in [0.3, 0.4) is 0 Å². The van der Waals surface area contributed by atoms with E-state index >= 15 is 0 Å². The van der Waals surface area contributed by atoms with Crippen molar-refractivity contribution in [3.63, 3.8) is 0 Å². The summed E-state index contributed by atoms with van der Waals surface area (Å²) in [7, 11) is 2.91. The lowest BCUT2D eigenvalue weighted by Crippen LogP contribution is -2.23. The van der Waals surface area contributed by atoms with Gasteiger partial charge in [-0.1, -0.05) is 15.9 Å². The maximum Gasteiger partial charge on any atom is 0.417 e. The molecule has 0 saturated heterocycles. The van der Waals surface area contributed by atoms with Gasteiger partial charge in [0.2, 0.25) is 0 Å². The van der Waals surface area contributed by atoms with Crippen LogP contribution < -0.4 is 5.32 Å². The Hall–Kier alpha value is -0.790. The summed E-state index contributed by atoms with van der Waals surface area (Å²) >= 11 is 2.88. The standard InChI is InChI=1S/C11H13BrF3NO2/c1-17-10(18-2)6-16-7-3-4-9(12)8(5-7)11(13,14)15/h3-5,10,16H,6H2,1-2H3. The van der Waals surface area contributed by atoms with Gasteiger partial charge in [0.25, 0.3) is 0 Å². The van der Waals surface area contributed by atoms with Crippen LogP contribution >= 0.6 is 15.9 Å². The summed E-state index contributed by atoms with van der Waals surface area (Å²) in [6.45, 7) is 0.256. The maximum absolute atomic E-state index is 12.7. The summed E-state index contributed by atoms with van der Waals surface area (Å²) in [5.41, 5.74) is -0.372. The van der Waals surface area contributed by atoms with E-state index in [-0.39, 0.29) is 11.0 Å². The molecule has 1 aromatic carbocycles. The number of benzene rings is 1. The fourth-order valence-corrected chi connectivity index (χ4v) is 1.79. The molecule has 0 aliphatic rings. The summed E-state index contributed by atoms with van der Waals surface area (Å²) in [4.78, 5) is 0. The molecule has 1 rings (SSSR count). The second kappa shape index (κ2) is 6.40. The van der Waals surface area contributed by atoms with Gasteiger partial charge in [0.1, 0.15) is 0 Å². The molecule has 18 heavy (non-hydrogen) atoms. The molecule has 0 spiro atoms. The van der Waals surface area contributed by atoms with E-state index in [4.69, 9.17) is 9.47 Å². The molecule has 0 radical (unpaired) electrons. The van der Waals surface area contributed by atoms with Gasteiger partial charge in [-0.3, -0.25) is 0 Å². The van der Waals surface area contributed by atoms with Gasteiger partial charge in [-0.25, -0.2) is 0 Å². The minimum atomic E-state index is -4.39. The van der Waals surface area contributed by atoms with E-state index in [1.165, 1.54) is 20.3 Å². The van der Waals surface area contributed by atoms with E-state index in [2.05, 4.69) is 21.2 Å². The first-order valence-electron chi connectivity index (χ1n) is 5.04. The second-order valence-corrected chi connectivity index (χ2v) is 4.33. The number of nitrogens with one attached hydrogen (secondary N) is 1. The summed E-state index contributed by atoms with van der Waals surface area (Å²) in [6.07, 6.45) is -4.90. The van der Waals surface area contributed by atoms with Gasteiger partial charge in [0.05, 0.1) is 12.1 Å². The van der Waals surface area contributed by atoms with Gasteiger partial charge < -0.3 is 14.8 Å². The fourth-order valence-electron chi connectivity index (χ4n) is 1.32. The summed E-state index contributed by atoms with van der Waals surface area (Å²) in [6, 6.07) is 3.92. The Labute approximate surface area is 111 Å². The number of alkyl halides is 3. The molecule has 3 nitrogen and oxygen atoms in total. The highest BCUT2D eigenvalue weighted by Gasteiger charge is 2.33. The SMILES string of the molecule is COC(CNc1ccc(Br)c(C(F)(F)F)c1)OC. The smallest absolute Gasteiger partial charge is 0.380 e. The molecule has 0 saturated carbocycles. The molecule has 0 atom stereocenters. The average molecular weight is 328 g/mol. The third-order valence-corrected chi connectivity index (χ3v) is 2.96. The highest BCUT2D eigenvalue weighted by atomic mass is 79.9. The maximum atomic E-state index is 12.7. The minimum Gasteiger partial charge on any atom is -0.380 e. The largest absolute Gasteiger partial charge is 0.417 e. The van der Waals surface area contributed by atoms with Gasteiger partial charge in [0, 0.05) is 24.4 Å². The molecule has 0 fully saturated rings. The first-order chi connectivity index (χ1) is 8.38. The number of hydrogen-bond acceptors (Lipinski definition) is 3. The zero-order valence-corrected chi connectivity index (χ0v) is 11.4. The lowest BCUT2D eigenvalue weighted by Gasteiger charge is -2.16. The monoisotopic (exact) mass is 327 g/mol. The Kier molecular flexibility index (Phi) is 5.43. The van der Waals surface area contributed by atoms with Crippen LogP contribution in [0.1, 0.15) is 5.56 Å². The van der Waals surface area contributed by atoms with Gasteiger partial charge in [0.15, 0.2) is 6.29 Å². The molecule has 0 aromatic heterocycles. The van der Waals surface area contributed by atoms with Crippen molar-refractivity contribution in [1.29, 1.82) is 0 Å². The summed E-state index contributed by atoms with van der Waals surface area (Å²) in [5.74, 6) is 0. The fraction of sp³-hybridized carbons (Fsp3) is 0.455. The second-order valence-electron chi connectivity index (χ2n) is 3.47. The molecule has 7 heteroatoms. The molecule has 102 valence electrons. The van der Waals surface area contributed by atoms with Crippen molar-refractivity contribution in [2.24, 2.45) is 0 Å². The Morgan fingerprint density at radius 1 is 1.28 bits per heavy atom. The molecule has 0 aliphatic carbocycles. The number of methoxy groups -OCH3 is 2. The zero-order chi connectivity index (χ0) is 13.8. The minimum absolute atomic E-state index is 0.00980. The van der Waals surface area contributed by atoms with E-state index < -0.39 is 18.0 Å². The highest BCUT2D eigenvalue weighted by Crippen LogP contribution is 2.36. The van der Waals surface area contributed by atoms with Crippen molar-refractivity contribution >= 4 is 21.6 Å². The molecule has 0 aliphatic heterocycles. The van der Waals surface area contributed by atoms with Crippen LogP contribution in [0.15, 0.2) is 22.7 Å². The molecule has 0 unspecified atom stereocenters. The third kappa shape index (κ3) is 4.15. The predicted molar refractivity (Wildman–Crippen MR) is 65.4 cm³/mol. The van der Waals surface area contributed by atoms with Crippen LogP contribution in [0, 0.1) is 0 Å². The Balaban J connectivity index is 2.80. The van der Waals surface area contributed by atoms with Crippen molar-refractivity contribution in [2.45, 2.75) is 12.5 Å². The normalized spacial score (nSPS) is 11.9. The number of rotatable bonds is 5. The Bertz CT molecular complexity index is 394. The van der Waals surface area contributed by atoms with E-state index in [1.807, 2.05) is 0 Å². The van der Waals surface area contributed by atoms with Crippen LogP contribution in [0.25, 0.3) is 0 Å². The predicted octanol–water partition coefficient (Wildman–Crippen LogP) is 3.50. The molecule has 0 heterocycles. The van der Waals surface area contributed by atoms with Crippen LogP contribution in [0.4, 0.5) is 18.9 Å². The first-order valence-corrected chi connectivity index (χ1v) is 5.84. The summed E-state index contributed by atoms with van der Waals surface area (Å²) < 4.78 is 47.8. The quantitative estimate of drug-likeness (QED) is 0.840. The van der Waals surface area contributed by atoms with Gasteiger partial charge in [-0.2, -0.15) is 13.2 Å². The van der Waals surface area contributed by atoms with Gasteiger partial charge in [-0.15, -0.1) is 0 Å². The molecule has 1 aromatic rings. The molecular weight excluding hydrogens is 315 g/mol. The van der Waals surface area contributed by atoms with Crippen molar-refractivity contribution in [3.8, 4) is 0 Å². The van der Waals surface area contributed by atoms with Gasteiger partial charge >= 0.3 is 6.18 Å². The zero-order valence-electron chi connectivity index (χ0n) is 9.84. The van der Waals surface area contributed by atoms with Crippen molar-refractivity contribution < 1.29 is 22.6 Å². The number of hydrogen-bond donors (Lipinski definition) is 1. The van der Waals surface area contributed by atoms with Crippen molar-refractivity contribution in [3.05, 3.63) is 28.2 Å². The number of anilines is 1. The molecular formula is C11H13BrF3NO2. The first kappa shape index (κ1) is 15.3. The number of ether oxygens (including phenoxy) is 2. The van der Waals surface area contributed by atoms with E-state index in [0.717, 1.165) is 6.07 Å². The van der Waals surface area contributed by atoms with E-state index in [9.17, 15) is 13.2 Å². The summed E-state index contributed by atoms with van der Waals surface area (Å²) in [5, 5.41) is 2.82. The average Bonchev–Trinajstić information content (AvgIpc) is 2.31. The Morgan fingerprint density at radius 2 is 1.89 bits per heavy atom. The van der Waals surface area contributed by atoms with Crippen LogP contribution in [-0.2, 0) is 15.7 Å². The van der Waals surface area contributed by atoms with Crippen LogP contribution in [-0.4, -0.2) is 27.1 Å². The highest BCUT2D eigenvalue weighted by molar-refractivity contribution is 9.10. The molecule has 0 amide bonds.